The van der Waals surface area contributed by atoms with Gasteiger partial charge in [-0.3, -0.25) is 9.78 Å². The number of amides is 1. The van der Waals surface area contributed by atoms with Gasteiger partial charge < -0.3 is 21.1 Å². The Morgan fingerprint density at radius 3 is 2.81 bits per heavy atom. The van der Waals surface area contributed by atoms with Gasteiger partial charge in [-0.25, -0.2) is 19.3 Å². The summed E-state index contributed by atoms with van der Waals surface area (Å²) in [7, 11) is 1.48. The molecule has 2 aromatic heterocycles. The second-order valence-electron chi connectivity index (χ2n) is 7.17. The number of benzene rings is 1. The number of nitrogen functional groups attached to an aromatic ring is 1. The van der Waals surface area contributed by atoms with Crippen molar-refractivity contribution >= 4 is 11.9 Å². The largest absolute Gasteiger partial charge is 0.480 e. The van der Waals surface area contributed by atoms with Gasteiger partial charge in [0.1, 0.15) is 5.82 Å². The Morgan fingerprint density at radius 1 is 1.26 bits per heavy atom. The molecule has 31 heavy (non-hydrogen) atoms. The third-order valence-corrected chi connectivity index (χ3v) is 5.26. The molecule has 4 N–H and O–H groups in total. The van der Waals surface area contributed by atoms with Crippen LogP contribution in [0.15, 0.2) is 30.6 Å². The number of aromatic nitrogens is 4. The fourth-order valence-electron chi connectivity index (χ4n) is 3.95. The molecule has 1 aliphatic heterocycles. The first-order valence-corrected chi connectivity index (χ1v) is 9.72. The van der Waals surface area contributed by atoms with Gasteiger partial charge in [-0.15, -0.1) is 0 Å². The Kier molecular flexibility index (Phi) is 5.47. The van der Waals surface area contributed by atoms with E-state index in [-0.39, 0.29) is 18.4 Å². The Hall–Kier alpha value is -3.66. The van der Waals surface area contributed by atoms with E-state index in [0.717, 1.165) is 0 Å². The summed E-state index contributed by atoms with van der Waals surface area (Å²) in [4.78, 5) is 32.0. The zero-order chi connectivity index (χ0) is 22.1. The first-order chi connectivity index (χ1) is 14.9. The van der Waals surface area contributed by atoms with E-state index in [9.17, 15) is 9.18 Å². The van der Waals surface area contributed by atoms with Crippen molar-refractivity contribution in [3.63, 3.8) is 0 Å². The molecule has 1 unspecified atom stereocenters. The minimum atomic E-state index is -0.444. The Bertz CT molecular complexity index is 1150. The normalized spacial score (nSPS) is 15.7. The quantitative estimate of drug-likeness (QED) is 0.633. The predicted octanol–water partition coefficient (Wildman–Crippen LogP) is 1.67. The van der Waals surface area contributed by atoms with Crippen LogP contribution in [0, 0.1) is 12.7 Å². The summed E-state index contributed by atoms with van der Waals surface area (Å²) < 4.78 is 19.4. The van der Waals surface area contributed by atoms with Gasteiger partial charge >= 0.3 is 0 Å². The molecule has 0 bridgehead atoms. The molecule has 1 atom stereocenters. The summed E-state index contributed by atoms with van der Waals surface area (Å²) in [5.74, 6) is -0.263. The zero-order valence-corrected chi connectivity index (χ0v) is 17.2. The van der Waals surface area contributed by atoms with Crippen LogP contribution in [0.25, 0.3) is 11.3 Å². The lowest BCUT2D eigenvalue weighted by Crippen LogP contribution is -2.44. The smallest absolute Gasteiger partial charge is 0.258 e. The molecule has 0 spiro atoms. The monoisotopic (exact) mass is 423 g/mol. The van der Waals surface area contributed by atoms with Crippen molar-refractivity contribution in [3.8, 4) is 17.1 Å². The third kappa shape index (κ3) is 3.77. The SMILES string of the molecule is COc1cncc(-c2cc(F)ccc2C2Cc3nc(N)nc(C)c3C(=O)N2CCN)n1. The number of fused-ring (bicyclic) bond motifs is 1. The molecule has 3 heterocycles. The van der Waals surface area contributed by atoms with Gasteiger partial charge in [0.25, 0.3) is 5.91 Å². The number of nitrogens with two attached hydrogens (primary N) is 2. The topological polar surface area (TPSA) is 133 Å². The zero-order valence-electron chi connectivity index (χ0n) is 17.2. The second kappa shape index (κ2) is 8.23. The summed E-state index contributed by atoms with van der Waals surface area (Å²) in [6.45, 7) is 2.31. The van der Waals surface area contributed by atoms with Crippen LogP contribution in [-0.4, -0.2) is 50.9 Å². The number of hydrogen-bond acceptors (Lipinski definition) is 8. The number of carbonyl (C=O) groups is 1. The number of carbonyl (C=O) groups excluding carboxylic acids is 1. The molecule has 1 aliphatic rings. The second-order valence-corrected chi connectivity index (χ2v) is 7.17. The number of nitrogens with zero attached hydrogens (tertiary/aromatic N) is 5. The molecule has 160 valence electrons. The van der Waals surface area contributed by atoms with E-state index in [0.29, 0.717) is 52.6 Å². The van der Waals surface area contributed by atoms with Crippen LogP contribution in [0.4, 0.5) is 10.3 Å². The van der Waals surface area contributed by atoms with Crippen LogP contribution in [-0.2, 0) is 6.42 Å². The van der Waals surface area contributed by atoms with Gasteiger partial charge in [0.15, 0.2) is 0 Å². The lowest BCUT2D eigenvalue weighted by Gasteiger charge is -2.37. The number of aryl methyl sites for hydroxylation is 1. The summed E-state index contributed by atoms with van der Waals surface area (Å²) in [5.41, 5.74) is 14.8. The van der Waals surface area contributed by atoms with Gasteiger partial charge in [0.2, 0.25) is 11.8 Å². The van der Waals surface area contributed by atoms with Crippen molar-refractivity contribution in [2.24, 2.45) is 5.73 Å². The number of methoxy groups -OCH3 is 1. The molecule has 0 aliphatic carbocycles. The molecule has 0 saturated carbocycles. The van der Waals surface area contributed by atoms with Crippen LogP contribution in [0.5, 0.6) is 5.88 Å². The maximum absolute atomic E-state index is 14.2. The van der Waals surface area contributed by atoms with E-state index in [1.54, 1.807) is 17.9 Å². The van der Waals surface area contributed by atoms with Gasteiger partial charge in [0.05, 0.1) is 48.2 Å². The molecule has 4 rings (SSSR count). The van der Waals surface area contributed by atoms with Crippen molar-refractivity contribution in [2.45, 2.75) is 19.4 Å². The van der Waals surface area contributed by atoms with Crippen molar-refractivity contribution in [3.05, 3.63) is 58.9 Å². The molecule has 3 aromatic rings. The van der Waals surface area contributed by atoms with Crippen molar-refractivity contribution in [2.75, 3.05) is 25.9 Å². The molecule has 10 heteroatoms. The number of anilines is 1. The Morgan fingerprint density at radius 2 is 2.06 bits per heavy atom. The Labute approximate surface area is 178 Å². The minimum absolute atomic E-state index is 0.105. The van der Waals surface area contributed by atoms with Crippen LogP contribution in [0.3, 0.4) is 0 Å². The fraction of sp³-hybridized carbons (Fsp3) is 0.286. The molecule has 0 saturated heterocycles. The van der Waals surface area contributed by atoms with Crippen molar-refractivity contribution in [1.29, 1.82) is 0 Å². The van der Waals surface area contributed by atoms with E-state index >= 15 is 0 Å². The van der Waals surface area contributed by atoms with E-state index in [4.69, 9.17) is 16.2 Å². The highest BCUT2D eigenvalue weighted by Gasteiger charge is 2.37. The van der Waals surface area contributed by atoms with Crippen molar-refractivity contribution in [1.82, 2.24) is 24.8 Å². The molecule has 0 fully saturated rings. The Balaban J connectivity index is 1.89. The minimum Gasteiger partial charge on any atom is -0.480 e. The summed E-state index contributed by atoms with van der Waals surface area (Å²) in [6, 6.07) is 3.93. The highest BCUT2D eigenvalue weighted by molar-refractivity contribution is 5.98. The summed E-state index contributed by atoms with van der Waals surface area (Å²) in [6.07, 6.45) is 3.37. The van der Waals surface area contributed by atoms with E-state index in [2.05, 4.69) is 19.9 Å². The summed E-state index contributed by atoms with van der Waals surface area (Å²) in [5, 5.41) is 0. The standard InChI is InChI=1S/C21H22FN7O2/c1-11-19-15(28-21(24)26-11)8-17(29(6-5-23)20(19)30)13-4-3-12(22)7-14(13)16-9-25-10-18(27-16)31-2/h3-4,7,9-10,17H,5-6,8,23H2,1-2H3,(H2,24,26,28). The highest BCUT2D eigenvalue weighted by Crippen LogP contribution is 2.38. The number of rotatable bonds is 5. The van der Waals surface area contributed by atoms with Gasteiger partial charge in [-0.1, -0.05) is 6.07 Å². The van der Waals surface area contributed by atoms with E-state index < -0.39 is 11.9 Å². The van der Waals surface area contributed by atoms with Crippen LogP contribution in [0.2, 0.25) is 0 Å². The average Bonchev–Trinajstić information content (AvgIpc) is 2.75. The molecule has 9 nitrogen and oxygen atoms in total. The maximum atomic E-state index is 14.2. The maximum Gasteiger partial charge on any atom is 0.258 e. The lowest BCUT2D eigenvalue weighted by molar-refractivity contribution is 0.0650. The molecular weight excluding hydrogens is 401 g/mol. The average molecular weight is 423 g/mol. The fourth-order valence-corrected chi connectivity index (χ4v) is 3.95. The van der Waals surface area contributed by atoms with E-state index in [1.807, 2.05) is 0 Å². The number of ether oxygens (including phenoxy) is 1. The van der Waals surface area contributed by atoms with Crippen LogP contribution < -0.4 is 16.2 Å². The highest BCUT2D eigenvalue weighted by atomic mass is 19.1. The molecule has 0 radical (unpaired) electrons. The van der Waals surface area contributed by atoms with Gasteiger partial charge in [-0.05, 0) is 24.6 Å². The van der Waals surface area contributed by atoms with Gasteiger partial charge in [0, 0.05) is 25.1 Å². The molecule has 1 aromatic carbocycles. The third-order valence-electron chi connectivity index (χ3n) is 5.26. The predicted molar refractivity (Wildman–Crippen MR) is 112 cm³/mol. The first kappa shape index (κ1) is 20.6. The van der Waals surface area contributed by atoms with Gasteiger partial charge in [-0.2, -0.15) is 0 Å². The van der Waals surface area contributed by atoms with Crippen LogP contribution in [0.1, 0.15) is 33.4 Å². The number of hydrogen-bond donors (Lipinski definition) is 2. The van der Waals surface area contributed by atoms with Crippen molar-refractivity contribution < 1.29 is 13.9 Å². The number of halogens is 1. The molecular formula is C21H22FN7O2. The van der Waals surface area contributed by atoms with E-state index in [1.165, 1.54) is 31.6 Å². The molecule has 1 amide bonds. The van der Waals surface area contributed by atoms with Crippen LogP contribution >= 0.6 is 0 Å². The summed E-state index contributed by atoms with van der Waals surface area (Å²) >= 11 is 0. The first-order valence-electron chi connectivity index (χ1n) is 9.72. The lowest BCUT2D eigenvalue weighted by atomic mass is 9.88.